The number of hydrogen-bond acceptors (Lipinski definition) is 3. The topological polar surface area (TPSA) is 78.8 Å². The van der Waals surface area contributed by atoms with Gasteiger partial charge in [-0.1, -0.05) is 28.1 Å². The summed E-state index contributed by atoms with van der Waals surface area (Å²) in [6.45, 7) is 0.320. The van der Waals surface area contributed by atoms with Gasteiger partial charge in [-0.05, 0) is 55.2 Å². The Morgan fingerprint density at radius 1 is 1.23 bits per heavy atom. The Hall–Kier alpha value is -2.80. The minimum absolute atomic E-state index is 0.0305. The largest absolute Gasteiger partial charge is 0.325 e. The van der Waals surface area contributed by atoms with Gasteiger partial charge in [0, 0.05) is 40.3 Å². The average molecular weight is 466 g/mol. The minimum Gasteiger partial charge on any atom is -0.325 e. The van der Waals surface area contributed by atoms with E-state index in [2.05, 4.69) is 26.2 Å². The van der Waals surface area contributed by atoms with Crippen molar-refractivity contribution in [2.75, 3.05) is 11.4 Å². The highest BCUT2D eigenvalue weighted by molar-refractivity contribution is 9.10. The Kier molecular flexibility index (Phi) is 4.77. The number of carbonyl (C=O) groups excluding carboxylic acids is 3. The summed E-state index contributed by atoms with van der Waals surface area (Å²) in [4.78, 5) is 43.4. The van der Waals surface area contributed by atoms with Crippen molar-refractivity contribution in [3.05, 3.63) is 63.8 Å². The summed E-state index contributed by atoms with van der Waals surface area (Å²) in [5, 5.41) is 2.96. The number of carbonyl (C=O) groups is 3. The van der Waals surface area contributed by atoms with Crippen molar-refractivity contribution in [2.45, 2.75) is 25.7 Å². The Morgan fingerprint density at radius 2 is 2.10 bits per heavy atom. The molecular formula is C23H20BrN3O3. The third-order valence-electron chi connectivity index (χ3n) is 6.10. The second kappa shape index (κ2) is 7.47. The number of nitrogens with zero attached hydrogens (tertiary/aromatic N) is 2. The van der Waals surface area contributed by atoms with E-state index in [0.717, 1.165) is 40.7 Å². The van der Waals surface area contributed by atoms with Crippen LogP contribution in [0.1, 0.15) is 25.7 Å². The van der Waals surface area contributed by atoms with Crippen molar-refractivity contribution in [3.63, 3.8) is 0 Å². The number of allylic oxidation sites excluding steroid dienone is 3. The summed E-state index contributed by atoms with van der Waals surface area (Å²) in [5.41, 5.74) is 4.17. The molecule has 0 bridgehead atoms. The van der Waals surface area contributed by atoms with E-state index in [4.69, 9.17) is 0 Å². The van der Waals surface area contributed by atoms with Gasteiger partial charge < -0.3 is 10.2 Å². The molecule has 1 saturated heterocycles. The molecule has 1 aromatic rings. The first-order valence-corrected chi connectivity index (χ1v) is 10.9. The molecule has 7 heteroatoms. The molecule has 152 valence electrons. The Bertz CT molecular complexity index is 1100. The maximum absolute atomic E-state index is 12.8. The molecular weight excluding hydrogens is 446 g/mol. The van der Waals surface area contributed by atoms with Gasteiger partial charge in [-0.2, -0.15) is 0 Å². The van der Waals surface area contributed by atoms with Crippen LogP contribution in [0.15, 0.2) is 68.8 Å². The lowest BCUT2D eigenvalue weighted by Gasteiger charge is -2.28. The van der Waals surface area contributed by atoms with Gasteiger partial charge in [-0.15, -0.1) is 0 Å². The van der Waals surface area contributed by atoms with E-state index in [9.17, 15) is 14.4 Å². The predicted molar refractivity (Wildman–Crippen MR) is 117 cm³/mol. The number of benzene rings is 1. The number of anilines is 1. The molecule has 1 aromatic carbocycles. The smallest absolute Gasteiger partial charge is 0.251 e. The van der Waals surface area contributed by atoms with Crippen molar-refractivity contribution in [2.24, 2.45) is 16.8 Å². The van der Waals surface area contributed by atoms with E-state index in [-0.39, 0.29) is 30.1 Å². The zero-order valence-electron chi connectivity index (χ0n) is 16.2. The number of hydrogen-bond donors (Lipinski definition) is 1. The molecule has 2 atom stereocenters. The van der Waals surface area contributed by atoms with Gasteiger partial charge in [0.2, 0.25) is 5.91 Å². The van der Waals surface area contributed by atoms with Crippen LogP contribution in [0.4, 0.5) is 5.69 Å². The van der Waals surface area contributed by atoms with Gasteiger partial charge in [-0.3, -0.25) is 14.4 Å². The maximum atomic E-state index is 12.8. The lowest BCUT2D eigenvalue weighted by atomic mass is 9.85. The molecule has 2 aliphatic carbocycles. The summed E-state index contributed by atoms with van der Waals surface area (Å²) in [6, 6.07) is 7.47. The first-order chi connectivity index (χ1) is 14.5. The molecule has 0 aromatic heterocycles. The highest BCUT2D eigenvalue weighted by Gasteiger charge is 2.36. The van der Waals surface area contributed by atoms with E-state index in [1.807, 2.05) is 36.4 Å². The predicted octanol–water partition coefficient (Wildman–Crippen LogP) is 3.45. The van der Waals surface area contributed by atoms with E-state index in [1.54, 1.807) is 11.0 Å². The molecule has 1 fully saturated rings. The summed E-state index contributed by atoms with van der Waals surface area (Å²) in [7, 11) is 0. The Morgan fingerprint density at radius 3 is 2.93 bits per heavy atom. The molecule has 5 rings (SSSR count). The molecule has 0 spiro atoms. The van der Waals surface area contributed by atoms with Crippen LogP contribution < -0.4 is 10.2 Å². The van der Waals surface area contributed by atoms with Crippen molar-refractivity contribution in [1.29, 1.82) is 0 Å². The van der Waals surface area contributed by atoms with Crippen LogP contribution in [0.5, 0.6) is 0 Å². The lowest BCUT2D eigenvalue weighted by molar-refractivity contribution is -0.123. The molecule has 3 amide bonds. The van der Waals surface area contributed by atoms with E-state index < -0.39 is 5.92 Å². The summed E-state index contributed by atoms with van der Waals surface area (Å²) in [6.07, 6.45) is 8.58. The third-order valence-corrected chi connectivity index (χ3v) is 6.59. The number of aliphatic imine (C=N–C) groups is 1. The number of rotatable bonds is 2. The molecule has 0 radical (unpaired) electrons. The molecule has 1 N–H and O–H groups in total. The van der Waals surface area contributed by atoms with Crippen molar-refractivity contribution < 1.29 is 14.4 Å². The molecule has 2 aliphatic heterocycles. The van der Waals surface area contributed by atoms with Crippen molar-refractivity contribution >= 4 is 45.1 Å². The van der Waals surface area contributed by atoms with Crippen LogP contribution in [-0.4, -0.2) is 30.0 Å². The van der Waals surface area contributed by atoms with E-state index >= 15 is 0 Å². The quantitative estimate of drug-likeness (QED) is 0.726. The standard InChI is InChI=1S/C23H20BrN3O3/c24-14-3-1-4-16(10-14)27-12-13(9-21(27)28)22(29)25-15-7-8-18-17-5-2-6-19(17)23(30)26-20(18)11-15/h1,3-4,7-8,10-11,13,18H,2,5-6,9,12H2,(H,26,30). The Balaban J connectivity index is 1.33. The maximum Gasteiger partial charge on any atom is 0.251 e. The van der Waals surface area contributed by atoms with E-state index in [0.29, 0.717) is 12.3 Å². The van der Waals surface area contributed by atoms with Gasteiger partial charge >= 0.3 is 0 Å². The molecule has 2 heterocycles. The van der Waals surface area contributed by atoms with Crippen LogP contribution in [0, 0.1) is 11.8 Å². The fourth-order valence-electron chi connectivity index (χ4n) is 4.64. The number of halogens is 1. The molecule has 30 heavy (non-hydrogen) atoms. The van der Waals surface area contributed by atoms with Gasteiger partial charge in [0.1, 0.15) is 0 Å². The summed E-state index contributed by atoms with van der Waals surface area (Å²) < 4.78 is 0.881. The van der Waals surface area contributed by atoms with Crippen LogP contribution in [-0.2, 0) is 14.4 Å². The average Bonchev–Trinajstić information content (AvgIpc) is 3.35. The Labute approximate surface area is 182 Å². The lowest BCUT2D eigenvalue weighted by Crippen LogP contribution is -2.35. The minimum atomic E-state index is -0.474. The summed E-state index contributed by atoms with van der Waals surface area (Å²) >= 11 is 3.41. The monoisotopic (exact) mass is 465 g/mol. The van der Waals surface area contributed by atoms with Crippen LogP contribution in [0.2, 0.25) is 0 Å². The number of fused-ring (bicyclic) bond motifs is 2. The van der Waals surface area contributed by atoms with Crippen LogP contribution in [0.25, 0.3) is 0 Å². The highest BCUT2D eigenvalue weighted by atomic mass is 79.9. The SMILES string of the molecule is O=C1NC2=CC(=NC(=O)C3CC(=O)N(c4cccc(Br)c4)C3)C=CC2C2=C1CCC2. The van der Waals surface area contributed by atoms with Gasteiger partial charge in [0.05, 0.1) is 11.6 Å². The molecule has 2 unspecified atom stereocenters. The van der Waals surface area contributed by atoms with Crippen molar-refractivity contribution in [3.8, 4) is 0 Å². The number of amides is 3. The molecule has 0 saturated carbocycles. The van der Waals surface area contributed by atoms with Crippen LogP contribution >= 0.6 is 15.9 Å². The summed E-state index contributed by atoms with van der Waals surface area (Å²) in [5.74, 6) is -0.812. The van der Waals surface area contributed by atoms with Crippen molar-refractivity contribution in [1.82, 2.24) is 5.32 Å². The first-order valence-electron chi connectivity index (χ1n) is 10.1. The van der Waals surface area contributed by atoms with E-state index in [1.165, 1.54) is 5.57 Å². The molecule has 4 aliphatic rings. The third kappa shape index (κ3) is 3.37. The molecule has 6 nitrogen and oxygen atoms in total. The number of nitrogens with one attached hydrogen (secondary N) is 1. The van der Waals surface area contributed by atoms with Gasteiger partial charge in [0.15, 0.2) is 0 Å². The normalized spacial score (nSPS) is 26.6. The van der Waals surface area contributed by atoms with Gasteiger partial charge in [0.25, 0.3) is 11.8 Å². The zero-order chi connectivity index (χ0) is 20.8. The fraction of sp³-hybridized carbons (Fsp3) is 0.304. The van der Waals surface area contributed by atoms with Gasteiger partial charge in [-0.25, -0.2) is 4.99 Å². The highest BCUT2D eigenvalue weighted by Crippen LogP contribution is 2.39. The second-order valence-corrected chi connectivity index (χ2v) is 8.92. The first kappa shape index (κ1) is 19.2. The van der Waals surface area contributed by atoms with Crippen LogP contribution in [0.3, 0.4) is 0 Å². The second-order valence-electron chi connectivity index (χ2n) is 8.01. The zero-order valence-corrected chi connectivity index (χ0v) is 17.8. The fourth-order valence-corrected chi connectivity index (χ4v) is 5.03.